The lowest BCUT2D eigenvalue weighted by molar-refractivity contribution is 0.594. The van der Waals surface area contributed by atoms with Gasteiger partial charge in [-0.15, -0.1) is 0 Å². The van der Waals surface area contributed by atoms with E-state index in [1.54, 1.807) is 0 Å². The number of nitrogens with zero attached hydrogens (tertiary/aromatic N) is 1. The quantitative estimate of drug-likeness (QED) is 0.317. The molecule has 4 nitrogen and oxygen atoms in total. The fourth-order valence-corrected chi connectivity index (χ4v) is 2.24. The van der Waals surface area contributed by atoms with E-state index in [-0.39, 0.29) is 0 Å². The van der Waals surface area contributed by atoms with Crippen molar-refractivity contribution in [2.24, 2.45) is 16.8 Å². The maximum absolute atomic E-state index is 5.49. The molecule has 2 atom stereocenters. The molecule has 2 unspecified atom stereocenters. The molecule has 0 heterocycles. The van der Waals surface area contributed by atoms with Gasteiger partial charge in [-0.1, -0.05) is 25.1 Å². The molecule has 92 valence electrons. The lowest BCUT2D eigenvalue weighted by Gasteiger charge is -2.11. The maximum atomic E-state index is 5.49. The minimum Gasteiger partial charge on any atom is -0.325 e. The summed E-state index contributed by atoms with van der Waals surface area (Å²) in [6.45, 7) is 2.27. The number of rotatable bonds is 2. The van der Waals surface area contributed by atoms with E-state index in [1.807, 2.05) is 30.3 Å². The zero-order chi connectivity index (χ0) is 12.1. The minimum atomic E-state index is 0.396. The molecule has 0 amide bonds. The fourth-order valence-electron chi connectivity index (χ4n) is 2.24. The van der Waals surface area contributed by atoms with Crippen LogP contribution in [0.15, 0.2) is 35.3 Å². The Labute approximate surface area is 102 Å². The van der Waals surface area contributed by atoms with Crippen molar-refractivity contribution in [1.29, 1.82) is 0 Å². The van der Waals surface area contributed by atoms with E-state index in [4.69, 9.17) is 5.84 Å². The minimum absolute atomic E-state index is 0.396. The molecule has 4 heteroatoms. The molecule has 1 fully saturated rings. The summed E-state index contributed by atoms with van der Waals surface area (Å²) in [5.74, 6) is 6.92. The Morgan fingerprint density at radius 2 is 2.06 bits per heavy atom. The van der Waals surface area contributed by atoms with Gasteiger partial charge in [0.05, 0.1) is 6.04 Å². The second-order valence-electron chi connectivity index (χ2n) is 4.69. The van der Waals surface area contributed by atoms with E-state index in [0.717, 1.165) is 24.4 Å². The highest BCUT2D eigenvalue weighted by Crippen LogP contribution is 2.27. The first-order valence-corrected chi connectivity index (χ1v) is 6.14. The van der Waals surface area contributed by atoms with Gasteiger partial charge in [-0.3, -0.25) is 5.43 Å². The van der Waals surface area contributed by atoms with Gasteiger partial charge in [0.15, 0.2) is 0 Å². The Morgan fingerprint density at radius 3 is 2.65 bits per heavy atom. The Kier molecular flexibility index (Phi) is 3.98. The van der Waals surface area contributed by atoms with E-state index in [0.29, 0.717) is 12.0 Å². The van der Waals surface area contributed by atoms with Crippen LogP contribution in [0.3, 0.4) is 0 Å². The molecule has 0 saturated heterocycles. The van der Waals surface area contributed by atoms with Gasteiger partial charge < -0.3 is 5.32 Å². The molecule has 4 N–H and O–H groups in total. The van der Waals surface area contributed by atoms with Gasteiger partial charge >= 0.3 is 0 Å². The Bertz CT molecular complexity index is 374. The molecule has 17 heavy (non-hydrogen) atoms. The second kappa shape index (κ2) is 5.68. The van der Waals surface area contributed by atoms with Crippen molar-refractivity contribution in [2.45, 2.75) is 32.2 Å². The third-order valence-electron chi connectivity index (χ3n) is 3.15. The van der Waals surface area contributed by atoms with Crippen LogP contribution < -0.4 is 16.6 Å². The van der Waals surface area contributed by atoms with Crippen molar-refractivity contribution in [3.8, 4) is 0 Å². The summed E-state index contributed by atoms with van der Waals surface area (Å²) in [6.07, 6.45) is 3.57. The van der Waals surface area contributed by atoms with Crippen molar-refractivity contribution < 1.29 is 0 Å². The van der Waals surface area contributed by atoms with Crippen molar-refractivity contribution in [2.75, 3.05) is 5.32 Å². The van der Waals surface area contributed by atoms with Gasteiger partial charge in [0.25, 0.3) is 0 Å². The predicted molar refractivity (Wildman–Crippen MR) is 71.6 cm³/mol. The number of anilines is 1. The van der Waals surface area contributed by atoms with Crippen LogP contribution in [0.25, 0.3) is 0 Å². The first-order valence-electron chi connectivity index (χ1n) is 6.14. The average Bonchev–Trinajstić information content (AvgIpc) is 2.75. The van der Waals surface area contributed by atoms with Crippen molar-refractivity contribution >= 4 is 11.6 Å². The van der Waals surface area contributed by atoms with E-state index in [2.05, 4.69) is 22.7 Å². The highest BCUT2D eigenvalue weighted by Gasteiger charge is 2.20. The van der Waals surface area contributed by atoms with E-state index >= 15 is 0 Å². The topological polar surface area (TPSA) is 62.4 Å². The number of para-hydroxylation sites is 1. The maximum Gasteiger partial charge on any atom is 0.210 e. The molecule has 0 aromatic heterocycles. The molecule has 1 aromatic carbocycles. The Hall–Kier alpha value is -1.55. The molecule has 0 aliphatic heterocycles. The summed E-state index contributed by atoms with van der Waals surface area (Å²) < 4.78 is 0. The predicted octanol–water partition coefficient (Wildman–Crippen LogP) is 2.11. The lowest BCUT2D eigenvalue weighted by Crippen LogP contribution is -2.37. The van der Waals surface area contributed by atoms with Gasteiger partial charge in [0.1, 0.15) is 0 Å². The summed E-state index contributed by atoms with van der Waals surface area (Å²) in [5, 5.41) is 3.18. The molecule has 1 aliphatic carbocycles. The van der Waals surface area contributed by atoms with Gasteiger partial charge in [-0.25, -0.2) is 10.8 Å². The van der Waals surface area contributed by atoms with Crippen LogP contribution in [0.5, 0.6) is 0 Å². The molecular formula is C13H20N4. The molecule has 1 aromatic rings. The van der Waals surface area contributed by atoms with Crippen LogP contribution >= 0.6 is 0 Å². The standard InChI is InChI=1S/C13H20N4/c1-10-7-8-12(9-10)16-13(17-14)15-11-5-3-2-4-6-11/h2-6,10,12H,7-9,14H2,1H3,(H2,15,16,17). The monoisotopic (exact) mass is 232 g/mol. The molecule has 0 radical (unpaired) electrons. The highest BCUT2D eigenvalue weighted by molar-refractivity contribution is 5.93. The fraction of sp³-hybridized carbons (Fsp3) is 0.462. The zero-order valence-corrected chi connectivity index (χ0v) is 10.2. The van der Waals surface area contributed by atoms with Crippen LogP contribution in [0.4, 0.5) is 5.69 Å². The first kappa shape index (κ1) is 11.9. The second-order valence-corrected chi connectivity index (χ2v) is 4.69. The summed E-state index contributed by atoms with van der Waals surface area (Å²) in [7, 11) is 0. The number of aliphatic imine (C=N–C) groups is 1. The Morgan fingerprint density at radius 1 is 1.29 bits per heavy atom. The Balaban J connectivity index is 1.99. The van der Waals surface area contributed by atoms with Crippen LogP contribution in [0.2, 0.25) is 0 Å². The summed E-state index contributed by atoms with van der Waals surface area (Å²) >= 11 is 0. The van der Waals surface area contributed by atoms with Gasteiger partial charge in [0, 0.05) is 5.69 Å². The van der Waals surface area contributed by atoms with Gasteiger partial charge in [-0.05, 0) is 37.3 Å². The van der Waals surface area contributed by atoms with Crippen molar-refractivity contribution in [1.82, 2.24) is 5.43 Å². The molecule has 2 rings (SSSR count). The smallest absolute Gasteiger partial charge is 0.210 e. The number of hydrazine groups is 1. The molecular weight excluding hydrogens is 212 g/mol. The van der Waals surface area contributed by atoms with E-state index < -0.39 is 0 Å². The van der Waals surface area contributed by atoms with Gasteiger partial charge in [-0.2, -0.15) is 0 Å². The number of hydrogen-bond donors (Lipinski definition) is 3. The van der Waals surface area contributed by atoms with Crippen LogP contribution in [-0.2, 0) is 0 Å². The van der Waals surface area contributed by atoms with E-state index in [9.17, 15) is 0 Å². The normalized spacial score (nSPS) is 24.7. The number of hydrogen-bond acceptors (Lipinski definition) is 2. The number of nitrogens with one attached hydrogen (secondary N) is 2. The third kappa shape index (κ3) is 3.46. The van der Waals surface area contributed by atoms with Crippen LogP contribution in [0, 0.1) is 5.92 Å². The first-order chi connectivity index (χ1) is 8.28. The average molecular weight is 232 g/mol. The molecule has 0 spiro atoms. The number of guanidine groups is 1. The summed E-state index contributed by atoms with van der Waals surface area (Å²) in [5.41, 5.74) is 3.63. The van der Waals surface area contributed by atoms with E-state index in [1.165, 1.54) is 6.42 Å². The summed E-state index contributed by atoms with van der Waals surface area (Å²) in [4.78, 5) is 4.61. The van der Waals surface area contributed by atoms with Crippen LogP contribution in [0.1, 0.15) is 26.2 Å². The molecule has 0 bridgehead atoms. The highest BCUT2D eigenvalue weighted by atomic mass is 15.3. The third-order valence-corrected chi connectivity index (χ3v) is 3.15. The number of nitrogens with two attached hydrogens (primary N) is 1. The zero-order valence-electron chi connectivity index (χ0n) is 10.2. The van der Waals surface area contributed by atoms with Crippen molar-refractivity contribution in [3.63, 3.8) is 0 Å². The largest absolute Gasteiger partial charge is 0.325 e. The van der Waals surface area contributed by atoms with Crippen molar-refractivity contribution in [3.05, 3.63) is 30.3 Å². The molecule has 1 aliphatic rings. The van der Waals surface area contributed by atoms with Gasteiger partial charge in [0.2, 0.25) is 5.96 Å². The SMILES string of the molecule is CC1CCC(N=C(NN)Nc2ccccc2)C1. The summed E-state index contributed by atoms with van der Waals surface area (Å²) in [6, 6.07) is 10.3. The molecule has 1 saturated carbocycles. The lowest BCUT2D eigenvalue weighted by atomic mass is 10.1. The van der Waals surface area contributed by atoms with Crippen LogP contribution in [-0.4, -0.2) is 12.0 Å². The number of benzene rings is 1.